The van der Waals surface area contributed by atoms with E-state index in [1.165, 1.54) is 12.6 Å². The highest BCUT2D eigenvalue weighted by molar-refractivity contribution is 9.10. The van der Waals surface area contributed by atoms with Crippen LogP contribution in [0.4, 0.5) is 5.82 Å². The van der Waals surface area contributed by atoms with Crippen molar-refractivity contribution in [1.82, 2.24) is 9.97 Å². The third-order valence-corrected chi connectivity index (χ3v) is 4.03. The van der Waals surface area contributed by atoms with Crippen LogP contribution in [0.25, 0.3) is 0 Å². The molecule has 0 saturated heterocycles. The van der Waals surface area contributed by atoms with Crippen molar-refractivity contribution in [2.75, 3.05) is 23.9 Å². The summed E-state index contributed by atoms with van der Waals surface area (Å²) in [6.07, 6.45) is 3.07. The highest BCUT2D eigenvalue weighted by Crippen LogP contribution is 2.25. The number of nitrogens with zero attached hydrogens (tertiary/aromatic N) is 2. The van der Waals surface area contributed by atoms with Crippen molar-refractivity contribution >= 4 is 43.2 Å². The van der Waals surface area contributed by atoms with E-state index >= 15 is 0 Å². The molecule has 0 bridgehead atoms. The van der Waals surface area contributed by atoms with Crippen LogP contribution < -0.4 is 5.32 Å². The maximum atomic E-state index is 10.9. The van der Waals surface area contributed by atoms with Crippen LogP contribution in [0.5, 0.6) is 0 Å². The fraction of sp³-hybridized carbons (Fsp3) is 0.500. The van der Waals surface area contributed by atoms with Crippen LogP contribution in [-0.4, -0.2) is 36.9 Å². The topological polar surface area (TPSA) is 72.0 Å². The molecular formula is C8H11BrClN3O2S. The molecule has 0 aliphatic carbocycles. The van der Waals surface area contributed by atoms with Gasteiger partial charge in [-0.1, -0.05) is 11.6 Å². The lowest BCUT2D eigenvalue weighted by Gasteiger charge is -2.06. The number of halogens is 2. The van der Waals surface area contributed by atoms with Crippen LogP contribution in [-0.2, 0) is 9.84 Å². The van der Waals surface area contributed by atoms with Gasteiger partial charge in [-0.05, 0) is 22.4 Å². The van der Waals surface area contributed by atoms with Crippen molar-refractivity contribution in [2.24, 2.45) is 0 Å². The van der Waals surface area contributed by atoms with Crippen LogP contribution in [0.3, 0.4) is 0 Å². The quantitative estimate of drug-likeness (QED) is 0.658. The Kier molecular flexibility index (Phi) is 4.94. The van der Waals surface area contributed by atoms with E-state index in [1.54, 1.807) is 0 Å². The molecule has 1 aromatic rings. The predicted octanol–water partition coefficient (Wildman–Crippen LogP) is 1.74. The molecule has 0 unspecified atom stereocenters. The molecule has 0 atom stereocenters. The molecule has 0 fully saturated rings. The molecule has 16 heavy (non-hydrogen) atoms. The van der Waals surface area contributed by atoms with Gasteiger partial charge in [0.25, 0.3) is 0 Å². The molecule has 0 saturated carbocycles. The fourth-order valence-electron chi connectivity index (χ4n) is 1.01. The molecule has 8 heteroatoms. The molecule has 0 aliphatic rings. The summed E-state index contributed by atoms with van der Waals surface area (Å²) >= 11 is 9.00. The molecule has 0 amide bonds. The molecule has 5 nitrogen and oxygen atoms in total. The van der Waals surface area contributed by atoms with E-state index in [9.17, 15) is 8.42 Å². The second kappa shape index (κ2) is 5.79. The van der Waals surface area contributed by atoms with E-state index in [2.05, 4.69) is 31.2 Å². The van der Waals surface area contributed by atoms with Gasteiger partial charge in [0.1, 0.15) is 27.1 Å². The number of nitrogens with one attached hydrogen (secondary N) is 1. The number of aromatic nitrogens is 2. The zero-order valence-corrected chi connectivity index (χ0v) is 11.7. The molecule has 1 N–H and O–H groups in total. The summed E-state index contributed by atoms with van der Waals surface area (Å²) in [6.45, 7) is 0.513. The normalized spacial score (nSPS) is 11.4. The van der Waals surface area contributed by atoms with Gasteiger partial charge >= 0.3 is 0 Å². The van der Waals surface area contributed by atoms with Gasteiger partial charge in [-0.2, -0.15) is 0 Å². The summed E-state index contributed by atoms with van der Waals surface area (Å²) in [6, 6.07) is 0. The van der Waals surface area contributed by atoms with Crippen LogP contribution in [0, 0.1) is 0 Å². The van der Waals surface area contributed by atoms with E-state index in [4.69, 9.17) is 11.6 Å². The van der Waals surface area contributed by atoms with Crippen molar-refractivity contribution < 1.29 is 8.42 Å². The molecule has 0 aromatic carbocycles. The lowest BCUT2D eigenvalue weighted by Crippen LogP contribution is -2.10. The van der Waals surface area contributed by atoms with Crippen molar-refractivity contribution in [2.45, 2.75) is 6.42 Å². The van der Waals surface area contributed by atoms with Crippen LogP contribution in [0.1, 0.15) is 6.42 Å². The minimum Gasteiger partial charge on any atom is -0.369 e. The summed E-state index contributed by atoms with van der Waals surface area (Å²) < 4.78 is 22.3. The summed E-state index contributed by atoms with van der Waals surface area (Å²) in [5.41, 5.74) is 0. The highest BCUT2D eigenvalue weighted by Gasteiger charge is 2.06. The number of anilines is 1. The van der Waals surface area contributed by atoms with Gasteiger partial charge in [0.15, 0.2) is 0 Å². The Morgan fingerprint density at radius 1 is 1.50 bits per heavy atom. The van der Waals surface area contributed by atoms with E-state index < -0.39 is 9.84 Å². The van der Waals surface area contributed by atoms with Crippen LogP contribution in [0.2, 0.25) is 5.15 Å². The van der Waals surface area contributed by atoms with Crippen molar-refractivity contribution in [3.63, 3.8) is 0 Å². The second-order valence-corrected chi connectivity index (χ2v) is 6.65. The first-order chi connectivity index (χ1) is 7.40. The number of rotatable bonds is 5. The zero-order chi connectivity index (χ0) is 12.2. The number of sulfone groups is 1. The Morgan fingerprint density at radius 3 is 2.81 bits per heavy atom. The number of hydrogen-bond donors (Lipinski definition) is 1. The molecule has 1 heterocycles. The Balaban J connectivity index is 2.47. The smallest absolute Gasteiger partial charge is 0.148 e. The minimum absolute atomic E-state index is 0.149. The lowest BCUT2D eigenvalue weighted by atomic mass is 10.4. The molecule has 0 spiro atoms. The van der Waals surface area contributed by atoms with Crippen molar-refractivity contribution in [1.29, 1.82) is 0 Å². The Morgan fingerprint density at radius 2 is 2.19 bits per heavy atom. The first-order valence-corrected chi connectivity index (χ1v) is 7.71. The Labute approximate surface area is 108 Å². The van der Waals surface area contributed by atoms with Gasteiger partial charge in [0.05, 0.1) is 10.2 Å². The Hall–Kier alpha value is -0.400. The molecule has 1 rings (SSSR count). The fourth-order valence-corrected chi connectivity index (χ4v) is 2.16. The molecule has 0 aliphatic heterocycles. The summed E-state index contributed by atoms with van der Waals surface area (Å²) in [4.78, 5) is 7.75. The van der Waals surface area contributed by atoms with Crippen molar-refractivity contribution in [3.05, 3.63) is 16.0 Å². The Bertz CT molecular complexity index is 466. The first kappa shape index (κ1) is 13.7. The third-order valence-electron chi connectivity index (χ3n) is 1.73. The predicted molar refractivity (Wildman–Crippen MR) is 67.6 cm³/mol. The van der Waals surface area contributed by atoms with Gasteiger partial charge < -0.3 is 5.32 Å². The molecular weight excluding hydrogens is 318 g/mol. The molecule has 0 radical (unpaired) electrons. The summed E-state index contributed by atoms with van der Waals surface area (Å²) in [7, 11) is -2.91. The van der Waals surface area contributed by atoms with Gasteiger partial charge in [-0.25, -0.2) is 18.4 Å². The van der Waals surface area contributed by atoms with Crippen molar-refractivity contribution in [3.8, 4) is 0 Å². The summed E-state index contributed by atoms with van der Waals surface area (Å²) in [5, 5.41) is 3.30. The second-order valence-electron chi connectivity index (χ2n) is 3.24. The van der Waals surface area contributed by atoms with Gasteiger partial charge in [0, 0.05) is 12.8 Å². The standard InChI is InChI=1S/C8H11BrClN3O2S/c1-16(14,15)4-2-3-11-8-6(9)7(10)12-5-13-8/h5H,2-4H2,1H3,(H,11,12,13). The maximum Gasteiger partial charge on any atom is 0.148 e. The first-order valence-electron chi connectivity index (χ1n) is 4.48. The molecule has 1 aromatic heterocycles. The van der Waals surface area contributed by atoms with E-state index in [-0.39, 0.29) is 5.75 Å². The largest absolute Gasteiger partial charge is 0.369 e. The van der Waals surface area contributed by atoms with Crippen LogP contribution >= 0.6 is 27.5 Å². The molecule has 90 valence electrons. The summed E-state index contributed by atoms with van der Waals surface area (Å²) in [5.74, 6) is 0.713. The third kappa shape index (κ3) is 4.63. The number of hydrogen-bond acceptors (Lipinski definition) is 5. The zero-order valence-electron chi connectivity index (χ0n) is 8.57. The SMILES string of the molecule is CS(=O)(=O)CCCNc1ncnc(Cl)c1Br. The van der Waals surface area contributed by atoms with Gasteiger partial charge in [0.2, 0.25) is 0 Å². The van der Waals surface area contributed by atoms with Crippen LogP contribution in [0.15, 0.2) is 10.8 Å². The van der Waals surface area contributed by atoms with Gasteiger partial charge in [-0.3, -0.25) is 0 Å². The van der Waals surface area contributed by atoms with E-state index in [0.29, 0.717) is 28.4 Å². The highest BCUT2D eigenvalue weighted by atomic mass is 79.9. The maximum absolute atomic E-state index is 10.9. The monoisotopic (exact) mass is 327 g/mol. The minimum atomic E-state index is -2.91. The van der Waals surface area contributed by atoms with E-state index in [0.717, 1.165) is 0 Å². The average Bonchev–Trinajstić information content (AvgIpc) is 2.17. The average molecular weight is 329 g/mol. The lowest BCUT2D eigenvalue weighted by molar-refractivity contribution is 0.600. The van der Waals surface area contributed by atoms with Gasteiger partial charge in [-0.15, -0.1) is 0 Å². The van der Waals surface area contributed by atoms with E-state index in [1.807, 2.05) is 0 Å².